The average molecular weight is 371 g/mol. The average Bonchev–Trinajstić information content (AvgIpc) is 2.92. The lowest BCUT2D eigenvalue weighted by Crippen LogP contribution is -2.41. The number of piperidine rings is 1. The zero-order valence-electron chi connectivity index (χ0n) is 15.2. The summed E-state index contributed by atoms with van der Waals surface area (Å²) in [6.07, 6.45) is 6.09. The fraction of sp³-hybridized carbons (Fsp3) is 0.429. The Balaban J connectivity index is 1.36. The first-order valence-corrected chi connectivity index (χ1v) is 9.35. The Morgan fingerprint density at radius 1 is 0.963 bits per heavy atom. The van der Waals surface area contributed by atoms with E-state index in [1.807, 2.05) is 24.5 Å². The maximum atomic E-state index is 13.4. The van der Waals surface area contributed by atoms with Crippen LogP contribution in [0.1, 0.15) is 30.4 Å². The first kappa shape index (κ1) is 18.0. The van der Waals surface area contributed by atoms with Crippen molar-refractivity contribution in [2.75, 3.05) is 19.6 Å². The van der Waals surface area contributed by atoms with E-state index in [0.717, 1.165) is 38.5 Å². The quantitative estimate of drug-likeness (QED) is 0.827. The Morgan fingerprint density at radius 2 is 1.63 bits per heavy atom. The van der Waals surface area contributed by atoms with Gasteiger partial charge < -0.3 is 4.90 Å². The molecule has 0 saturated carbocycles. The van der Waals surface area contributed by atoms with Gasteiger partial charge in [0.1, 0.15) is 11.6 Å². The highest BCUT2D eigenvalue weighted by atomic mass is 19.1. The minimum absolute atomic E-state index is 0.00229. The molecule has 0 N–H and O–H groups in total. The lowest BCUT2D eigenvalue weighted by molar-refractivity contribution is -0.128. The molecule has 0 unspecified atom stereocenters. The maximum Gasteiger partial charge on any atom is 0.223 e. The van der Waals surface area contributed by atoms with Crippen LogP contribution in [-0.2, 0) is 17.9 Å². The van der Waals surface area contributed by atoms with Gasteiger partial charge in [0.15, 0.2) is 0 Å². The van der Waals surface area contributed by atoms with Crippen molar-refractivity contribution >= 4 is 5.91 Å². The van der Waals surface area contributed by atoms with Gasteiger partial charge in [-0.05, 0) is 66.7 Å². The summed E-state index contributed by atoms with van der Waals surface area (Å²) < 4.78 is 26.8. The van der Waals surface area contributed by atoms with Crippen LogP contribution in [0.2, 0.25) is 0 Å². The predicted octanol–water partition coefficient (Wildman–Crippen LogP) is 3.37. The van der Waals surface area contributed by atoms with E-state index in [1.54, 1.807) is 4.90 Å². The van der Waals surface area contributed by atoms with Gasteiger partial charge in [0.25, 0.3) is 0 Å². The van der Waals surface area contributed by atoms with Crippen LogP contribution in [0.3, 0.4) is 0 Å². The van der Waals surface area contributed by atoms with Crippen LogP contribution in [0, 0.1) is 17.0 Å². The number of likely N-dealkylation sites (tertiary alicyclic amines) is 2. The highest BCUT2D eigenvalue weighted by molar-refractivity contribution is 5.79. The molecule has 2 aromatic rings. The largest absolute Gasteiger partial charge is 0.338 e. The molecule has 1 amide bonds. The van der Waals surface area contributed by atoms with E-state index in [2.05, 4.69) is 9.88 Å². The first-order chi connectivity index (χ1) is 13.0. The molecule has 142 valence electrons. The van der Waals surface area contributed by atoms with Crippen molar-refractivity contribution in [3.05, 3.63) is 65.5 Å². The van der Waals surface area contributed by atoms with Crippen molar-refractivity contribution < 1.29 is 13.6 Å². The molecule has 2 saturated heterocycles. The zero-order valence-corrected chi connectivity index (χ0v) is 15.2. The summed E-state index contributed by atoms with van der Waals surface area (Å²) in [4.78, 5) is 20.7. The topological polar surface area (TPSA) is 36.4 Å². The van der Waals surface area contributed by atoms with Crippen molar-refractivity contribution in [1.29, 1.82) is 0 Å². The van der Waals surface area contributed by atoms with Crippen LogP contribution in [0.25, 0.3) is 0 Å². The van der Waals surface area contributed by atoms with E-state index < -0.39 is 11.6 Å². The SMILES string of the molecule is O=C1CC2(CCN(Cc3ccncc3)CC2)CN1Cc1cc(F)cc(F)c1. The predicted molar refractivity (Wildman–Crippen MR) is 97.6 cm³/mol. The highest BCUT2D eigenvalue weighted by Crippen LogP contribution is 2.41. The molecule has 2 aliphatic rings. The van der Waals surface area contributed by atoms with Gasteiger partial charge in [-0.2, -0.15) is 0 Å². The molecule has 1 aromatic carbocycles. The number of hydrogen-bond acceptors (Lipinski definition) is 3. The van der Waals surface area contributed by atoms with Crippen molar-refractivity contribution in [3.63, 3.8) is 0 Å². The fourth-order valence-corrected chi connectivity index (χ4v) is 4.32. The number of carbonyl (C=O) groups excluding carboxylic acids is 1. The summed E-state index contributed by atoms with van der Waals surface area (Å²) in [7, 11) is 0. The molecule has 0 aliphatic carbocycles. The van der Waals surface area contributed by atoms with Gasteiger partial charge in [0, 0.05) is 44.5 Å². The van der Waals surface area contributed by atoms with Crippen LogP contribution in [0.5, 0.6) is 0 Å². The third-order valence-electron chi connectivity index (χ3n) is 5.77. The standard InChI is InChI=1S/C21H23F2N3O/c22-18-9-17(10-19(23)11-18)14-26-15-21(12-20(26)27)3-7-25(8-4-21)13-16-1-5-24-6-2-16/h1-2,5-6,9-11H,3-4,7-8,12-15H2. The summed E-state index contributed by atoms with van der Waals surface area (Å²) in [6, 6.07) is 7.53. The van der Waals surface area contributed by atoms with Gasteiger partial charge in [-0.1, -0.05) is 0 Å². The van der Waals surface area contributed by atoms with Crippen molar-refractivity contribution in [2.45, 2.75) is 32.4 Å². The summed E-state index contributed by atoms with van der Waals surface area (Å²) in [5.74, 6) is -1.12. The normalized spacial score (nSPS) is 19.8. The third kappa shape index (κ3) is 4.16. The lowest BCUT2D eigenvalue weighted by Gasteiger charge is -2.38. The summed E-state index contributed by atoms with van der Waals surface area (Å²) in [5, 5.41) is 0. The second-order valence-corrected chi connectivity index (χ2v) is 7.84. The Morgan fingerprint density at radius 3 is 2.30 bits per heavy atom. The van der Waals surface area contributed by atoms with Gasteiger partial charge in [-0.25, -0.2) is 8.78 Å². The lowest BCUT2D eigenvalue weighted by atomic mass is 9.77. The Bertz CT molecular complexity index is 799. The van der Waals surface area contributed by atoms with Crippen LogP contribution in [0.15, 0.2) is 42.7 Å². The number of aromatic nitrogens is 1. The van der Waals surface area contributed by atoms with Gasteiger partial charge >= 0.3 is 0 Å². The van der Waals surface area contributed by atoms with Crippen LogP contribution >= 0.6 is 0 Å². The van der Waals surface area contributed by atoms with Gasteiger partial charge in [0.2, 0.25) is 5.91 Å². The van der Waals surface area contributed by atoms with E-state index in [1.165, 1.54) is 17.7 Å². The summed E-state index contributed by atoms with van der Waals surface area (Å²) in [5.41, 5.74) is 1.75. The van der Waals surface area contributed by atoms with E-state index in [4.69, 9.17) is 0 Å². The number of benzene rings is 1. The van der Waals surface area contributed by atoms with Gasteiger partial charge in [-0.3, -0.25) is 14.7 Å². The Kier molecular flexibility index (Phi) is 4.91. The van der Waals surface area contributed by atoms with Crippen LogP contribution < -0.4 is 0 Å². The number of pyridine rings is 1. The molecule has 2 fully saturated rings. The molecule has 3 heterocycles. The molecule has 6 heteroatoms. The van der Waals surface area contributed by atoms with Crippen LogP contribution in [0.4, 0.5) is 8.78 Å². The molecule has 0 bridgehead atoms. The first-order valence-electron chi connectivity index (χ1n) is 9.35. The van der Waals surface area contributed by atoms with Crippen LogP contribution in [-0.4, -0.2) is 40.3 Å². The number of carbonyl (C=O) groups is 1. The second kappa shape index (κ2) is 7.35. The number of halogens is 2. The monoisotopic (exact) mass is 371 g/mol. The minimum Gasteiger partial charge on any atom is -0.338 e. The highest BCUT2D eigenvalue weighted by Gasteiger charge is 2.44. The maximum absolute atomic E-state index is 13.4. The molecule has 0 radical (unpaired) electrons. The Hall–Kier alpha value is -2.34. The minimum atomic E-state index is -0.601. The third-order valence-corrected chi connectivity index (χ3v) is 5.77. The van der Waals surface area contributed by atoms with E-state index in [-0.39, 0.29) is 17.9 Å². The fourth-order valence-electron chi connectivity index (χ4n) is 4.32. The molecule has 2 aliphatic heterocycles. The molecular weight excluding hydrogens is 348 g/mol. The molecule has 27 heavy (non-hydrogen) atoms. The number of amides is 1. The Labute approximate surface area is 157 Å². The van der Waals surface area contributed by atoms with Crippen molar-refractivity contribution in [3.8, 4) is 0 Å². The zero-order chi connectivity index (χ0) is 18.9. The van der Waals surface area contributed by atoms with E-state index >= 15 is 0 Å². The number of nitrogens with zero attached hydrogens (tertiary/aromatic N) is 3. The van der Waals surface area contributed by atoms with E-state index in [9.17, 15) is 13.6 Å². The second-order valence-electron chi connectivity index (χ2n) is 7.84. The van der Waals surface area contributed by atoms with Gasteiger partial charge in [0.05, 0.1) is 0 Å². The number of hydrogen-bond donors (Lipinski definition) is 0. The smallest absolute Gasteiger partial charge is 0.223 e. The molecule has 1 aromatic heterocycles. The van der Waals surface area contributed by atoms with E-state index in [0.29, 0.717) is 18.5 Å². The molecule has 4 nitrogen and oxygen atoms in total. The summed E-state index contributed by atoms with van der Waals surface area (Å²) in [6.45, 7) is 3.76. The summed E-state index contributed by atoms with van der Waals surface area (Å²) >= 11 is 0. The molecular formula is C21H23F2N3O. The van der Waals surface area contributed by atoms with Crippen molar-refractivity contribution in [1.82, 2.24) is 14.8 Å². The number of rotatable bonds is 4. The molecule has 1 spiro atoms. The molecule has 4 rings (SSSR count). The van der Waals surface area contributed by atoms with Crippen molar-refractivity contribution in [2.24, 2.45) is 5.41 Å². The molecule has 0 atom stereocenters. The van der Waals surface area contributed by atoms with Gasteiger partial charge in [-0.15, -0.1) is 0 Å².